The second-order valence-electron chi connectivity index (χ2n) is 2.77. The molecular weight excluding hydrogens is 144 g/mol. The molecule has 0 spiro atoms. The second-order valence-corrected chi connectivity index (χ2v) is 2.77. The molecule has 1 heterocycles. The summed E-state index contributed by atoms with van der Waals surface area (Å²) in [6.45, 7) is 4.30. The lowest BCUT2D eigenvalue weighted by molar-refractivity contribution is -0.296. The van der Waals surface area contributed by atoms with Crippen LogP contribution in [-0.4, -0.2) is 25.9 Å². The lowest BCUT2D eigenvalue weighted by Gasteiger charge is -2.00. The third-order valence-corrected chi connectivity index (χ3v) is 1.57. The first-order valence-electron chi connectivity index (χ1n) is 4.29. The van der Waals surface area contributed by atoms with Crippen molar-refractivity contribution in [1.29, 1.82) is 0 Å². The molecule has 0 amide bonds. The molecule has 0 bridgehead atoms. The van der Waals surface area contributed by atoms with Crippen LogP contribution in [0.3, 0.4) is 0 Å². The van der Waals surface area contributed by atoms with Gasteiger partial charge in [-0.1, -0.05) is 19.8 Å². The van der Waals surface area contributed by atoms with E-state index in [9.17, 15) is 0 Å². The van der Waals surface area contributed by atoms with Gasteiger partial charge in [0.2, 0.25) is 0 Å². The maximum absolute atomic E-state index is 4.93. The Labute approximate surface area is 67.6 Å². The number of unbranched alkanes of at least 4 members (excludes halogenated alkanes) is 2. The molecule has 0 aromatic rings. The minimum Gasteiger partial charge on any atom is -0.370 e. The van der Waals surface area contributed by atoms with E-state index in [-0.39, 0.29) is 0 Å². The number of rotatable bonds is 7. The SMILES string of the molecule is CCCCCOOCC1CO1. The van der Waals surface area contributed by atoms with E-state index < -0.39 is 0 Å². The highest BCUT2D eigenvalue weighted by Gasteiger charge is 2.22. The number of hydrogen-bond donors (Lipinski definition) is 0. The molecule has 0 aliphatic carbocycles. The number of epoxide rings is 1. The highest BCUT2D eigenvalue weighted by molar-refractivity contribution is 4.65. The average molecular weight is 160 g/mol. The third-order valence-electron chi connectivity index (χ3n) is 1.57. The zero-order chi connectivity index (χ0) is 7.94. The lowest BCUT2D eigenvalue weighted by Crippen LogP contribution is -2.03. The zero-order valence-electron chi connectivity index (χ0n) is 7.04. The molecule has 11 heavy (non-hydrogen) atoms. The quantitative estimate of drug-likeness (QED) is 0.245. The van der Waals surface area contributed by atoms with Crippen LogP contribution < -0.4 is 0 Å². The molecule has 1 rings (SSSR count). The molecule has 1 fully saturated rings. The smallest absolute Gasteiger partial charge is 0.111 e. The van der Waals surface area contributed by atoms with E-state index in [1.807, 2.05) is 0 Å². The van der Waals surface area contributed by atoms with Crippen LogP contribution >= 0.6 is 0 Å². The van der Waals surface area contributed by atoms with Crippen LogP contribution in [0.15, 0.2) is 0 Å². The highest BCUT2D eigenvalue weighted by Crippen LogP contribution is 2.08. The summed E-state index contributed by atoms with van der Waals surface area (Å²) < 4.78 is 4.93. The fourth-order valence-corrected chi connectivity index (χ4v) is 0.758. The standard InChI is InChI=1S/C8H16O3/c1-2-3-4-5-10-11-7-8-6-9-8/h8H,2-7H2,1H3. The minimum atomic E-state index is 0.307. The van der Waals surface area contributed by atoms with Gasteiger partial charge in [0.05, 0.1) is 13.2 Å². The van der Waals surface area contributed by atoms with Crippen molar-refractivity contribution >= 4 is 0 Å². The maximum Gasteiger partial charge on any atom is 0.111 e. The van der Waals surface area contributed by atoms with E-state index in [1.165, 1.54) is 12.8 Å². The summed E-state index contributed by atoms with van der Waals surface area (Å²) >= 11 is 0. The van der Waals surface area contributed by atoms with Crippen LogP contribution in [0.1, 0.15) is 26.2 Å². The third kappa shape index (κ3) is 5.18. The summed E-state index contributed by atoms with van der Waals surface area (Å²) in [5.41, 5.74) is 0. The summed E-state index contributed by atoms with van der Waals surface area (Å²) in [5.74, 6) is 0. The van der Waals surface area contributed by atoms with Crippen LogP contribution in [0.4, 0.5) is 0 Å². The first-order chi connectivity index (χ1) is 5.43. The molecule has 1 aliphatic heterocycles. The Morgan fingerprint density at radius 3 is 2.82 bits per heavy atom. The van der Waals surface area contributed by atoms with E-state index in [0.717, 1.165) is 13.0 Å². The van der Waals surface area contributed by atoms with Gasteiger partial charge in [0.15, 0.2) is 0 Å². The van der Waals surface area contributed by atoms with Crippen molar-refractivity contribution in [2.45, 2.75) is 32.3 Å². The van der Waals surface area contributed by atoms with Gasteiger partial charge in [-0.25, -0.2) is 9.78 Å². The van der Waals surface area contributed by atoms with Crippen molar-refractivity contribution in [3.63, 3.8) is 0 Å². The van der Waals surface area contributed by atoms with Gasteiger partial charge >= 0.3 is 0 Å². The Hall–Kier alpha value is -0.120. The van der Waals surface area contributed by atoms with E-state index in [4.69, 9.17) is 14.5 Å². The second kappa shape index (κ2) is 5.52. The van der Waals surface area contributed by atoms with E-state index in [2.05, 4.69) is 6.92 Å². The Kier molecular flexibility index (Phi) is 4.50. The summed E-state index contributed by atoms with van der Waals surface area (Å²) in [5, 5.41) is 0. The molecule has 3 nitrogen and oxygen atoms in total. The van der Waals surface area contributed by atoms with E-state index >= 15 is 0 Å². The van der Waals surface area contributed by atoms with Crippen molar-refractivity contribution in [3.05, 3.63) is 0 Å². The van der Waals surface area contributed by atoms with Crippen LogP contribution in [0.25, 0.3) is 0 Å². The van der Waals surface area contributed by atoms with Crippen LogP contribution in [0.2, 0.25) is 0 Å². The van der Waals surface area contributed by atoms with Gasteiger partial charge in [-0.05, 0) is 6.42 Å². The van der Waals surface area contributed by atoms with E-state index in [1.54, 1.807) is 0 Å². The van der Waals surface area contributed by atoms with Crippen molar-refractivity contribution < 1.29 is 14.5 Å². The lowest BCUT2D eigenvalue weighted by atomic mass is 10.3. The van der Waals surface area contributed by atoms with Gasteiger partial charge in [0, 0.05) is 0 Å². The summed E-state index contributed by atoms with van der Waals surface area (Å²) in [4.78, 5) is 9.79. The first kappa shape index (κ1) is 8.97. The molecular formula is C8H16O3. The maximum atomic E-state index is 4.93. The molecule has 1 saturated heterocycles. The molecule has 1 unspecified atom stereocenters. The number of ether oxygens (including phenoxy) is 1. The molecule has 3 heteroatoms. The molecule has 0 saturated carbocycles. The normalized spacial score (nSPS) is 22.1. The Morgan fingerprint density at radius 2 is 2.18 bits per heavy atom. The molecule has 66 valence electrons. The van der Waals surface area contributed by atoms with Gasteiger partial charge in [0.1, 0.15) is 12.7 Å². The molecule has 0 aromatic heterocycles. The average Bonchev–Trinajstić information content (AvgIpc) is 2.80. The zero-order valence-corrected chi connectivity index (χ0v) is 7.04. The Morgan fingerprint density at radius 1 is 1.36 bits per heavy atom. The predicted octanol–water partition coefficient (Wildman–Crippen LogP) is 1.52. The van der Waals surface area contributed by atoms with Crippen molar-refractivity contribution in [1.82, 2.24) is 0 Å². The predicted molar refractivity (Wildman–Crippen MR) is 41.2 cm³/mol. The molecule has 1 atom stereocenters. The molecule has 1 aliphatic rings. The fraction of sp³-hybridized carbons (Fsp3) is 1.00. The van der Waals surface area contributed by atoms with Crippen molar-refractivity contribution in [2.24, 2.45) is 0 Å². The van der Waals surface area contributed by atoms with Gasteiger partial charge in [0.25, 0.3) is 0 Å². The van der Waals surface area contributed by atoms with Crippen LogP contribution in [0, 0.1) is 0 Å². The Balaban J connectivity index is 1.66. The topological polar surface area (TPSA) is 31.0 Å². The van der Waals surface area contributed by atoms with Gasteiger partial charge in [-0.2, -0.15) is 0 Å². The summed E-state index contributed by atoms with van der Waals surface area (Å²) in [6, 6.07) is 0. The summed E-state index contributed by atoms with van der Waals surface area (Å²) in [7, 11) is 0. The monoisotopic (exact) mass is 160 g/mol. The molecule has 0 aromatic carbocycles. The van der Waals surface area contributed by atoms with Crippen molar-refractivity contribution in [3.8, 4) is 0 Å². The first-order valence-corrected chi connectivity index (χ1v) is 4.29. The van der Waals surface area contributed by atoms with E-state index in [0.29, 0.717) is 19.3 Å². The summed E-state index contributed by atoms with van der Waals surface area (Å²) in [6.07, 6.45) is 3.82. The molecule has 0 radical (unpaired) electrons. The van der Waals surface area contributed by atoms with Gasteiger partial charge in [-0.15, -0.1) is 0 Å². The van der Waals surface area contributed by atoms with Crippen molar-refractivity contribution in [2.75, 3.05) is 19.8 Å². The van der Waals surface area contributed by atoms with Crippen LogP contribution in [0.5, 0.6) is 0 Å². The van der Waals surface area contributed by atoms with Gasteiger partial charge < -0.3 is 4.74 Å². The minimum absolute atomic E-state index is 0.307. The highest BCUT2D eigenvalue weighted by atomic mass is 17.2. The fourth-order valence-electron chi connectivity index (χ4n) is 0.758. The Bertz CT molecular complexity index is 91.3. The number of hydrogen-bond acceptors (Lipinski definition) is 3. The van der Waals surface area contributed by atoms with Crippen LogP contribution in [-0.2, 0) is 14.5 Å². The molecule has 0 N–H and O–H groups in total. The van der Waals surface area contributed by atoms with Gasteiger partial charge in [-0.3, -0.25) is 0 Å². The largest absolute Gasteiger partial charge is 0.370 e.